The molecule has 0 aliphatic heterocycles. The number of methoxy groups -OCH3 is 2. The van der Waals surface area contributed by atoms with Gasteiger partial charge in [0.15, 0.2) is 15.6 Å². The third-order valence-corrected chi connectivity index (χ3v) is 7.14. The van der Waals surface area contributed by atoms with Crippen molar-refractivity contribution in [2.45, 2.75) is 31.4 Å². The largest absolute Gasteiger partial charge is 0.497 e. The highest BCUT2D eigenvalue weighted by Gasteiger charge is 2.22. The maximum absolute atomic E-state index is 13.0. The van der Waals surface area contributed by atoms with E-state index in [1.807, 2.05) is 19.9 Å². The summed E-state index contributed by atoms with van der Waals surface area (Å²) in [5, 5.41) is 4.00. The van der Waals surface area contributed by atoms with Gasteiger partial charge in [0, 0.05) is 11.6 Å². The smallest absolute Gasteiger partial charge is 0.293 e. The first-order valence-corrected chi connectivity index (χ1v) is 11.8. The summed E-state index contributed by atoms with van der Waals surface area (Å²) in [4.78, 5) is 4.67. The van der Waals surface area contributed by atoms with Crippen LogP contribution in [0, 0.1) is 20.8 Å². The van der Waals surface area contributed by atoms with E-state index in [2.05, 4.69) is 10.1 Å². The number of hydrogen-bond donors (Lipinski definition) is 0. The van der Waals surface area contributed by atoms with Crippen LogP contribution in [-0.2, 0) is 15.6 Å². The van der Waals surface area contributed by atoms with E-state index >= 15 is 0 Å². The Balaban J connectivity index is 1.59. The second kappa shape index (κ2) is 8.74. The van der Waals surface area contributed by atoms with Gasteiger partial charge >= 0.3 is 0 Å². The van der Waals surface area contributed by atoms with Gasteiger partial charge in [-0.05, 0) is 67.8 Å². The quantitative estimate of drug-likeness (QED) is 0.377. The molecule has 0 atom stereocenters. The van der Waals surface area contributed by atoms with Gasteiger partial charge in [0.2, 0.25) is 5.82 Å². The summed E-state index contributed by atoms with van der Waals surface area (Å²) in [6, 6.07) is 12.0. The number of furan rings is 1. The van der Waals surface area contributed by atoms with Crippen LogP contribution in [0.4, 0.5) is 0 Å². The lowest BCUT2D eigenvalue weighted by atomic mass is 10.1. The van der Waals surface area contributed by atoms with Crippen molar-refractivity contribution in [3.63, 3.8) is 0 Å². The summed E-state index contributed by atoms with van der Waals surface area (Å²) >= 11 is 0. The van der Waals surface area contributed by atoms with Crippen LogP contribution < -0.4 is 9.47 Å². The van der Waals surface area contributed by atoms with Crippen molar-refractivity contribution in [2.24, 2.45) is 0 Å². The molecule has 0 aliphatic rings. The van der Waals surface area contributed by atoms with Crippen LogP contribution >= 0.6 is 0 Å². The molecule has 0 bridgehead atoms. The van der Waals surface area contributed by atoms with Crippen LogP contribution in [0.5, 0.6) is 11.5 Å². The second-order valence-electron chi connectivity index (χ2n) is 7.75. The summed E-state index contributed by atoms with van der Waals surface area (Å²) in [5.74, 6) is 1.92. The van der Waals surface area contributed by atoms with Crippen molar-refractivity contribution in [3.8, 4) is 34.5 Å². The molecule has 0 saturated carbocycles. The van der Waals surface area contributed by atoms with E-state index in [1.165, 1.54) is 0 Å². The molecule has 8 nitrogen and oxygen atoms in total. The van der Waals surface area contributed by atoms with Gasteiger partial charge in [-0.15, -0.1) is 0 Å². The minimum Gasteiger partial charge on any atom is -0.497 e. The highest BCUT2D eigenvalue weighted by molar-refractivity contribution is 7.90. The Kier molecular flexibility index (Phi) is 5.99. The molecule has 9 heteroatoms. The number of aromatic nitrogens is 2. The summed E-state index contributed by atoms with van der Waals surface area (Å²) in [6.45, 7) is 5.64. The standard InChI is InChI=1S/C24H24N2O6S/c1-14-8-16(3)22(9-15(14)2)33(27,28)13-18-6-7-21(31-18)24-25-23(26-32-24)17-10-19(29-4)12-20(11-17)30-5/h6-12H,13H2,1-5H3. The molecule has 0 unspecified atom stereocenters. The number of aryl methyl sites for hydroxylation is 3. The fourth-order valence-electron chi connectivity index (χ4n) is 3.48. The Morgan fingerprint density at radius 3 is 2.21 bits per heavy atom. The molecule has 33 heavy (non-hydrogen) atoms. The molecule has 0 N–H and O–H groups in total. The lowest BCUT2D eigenvalue weighted by Gasteiger charge is -2.10. The average molecular weight is 469 g/mol. The first kappa shape index (κ1) is 22.6. The molecule has 4 rings (SSSR count). The first-order valence-electron chi connectivity index (χ1n) is 10.2. The number of nitrogens with zero attached hydrogens (tertiary/aromatic N) is 2. The Hall–Kier alpha value is -3.59. The highest BCUT2D eigenvalue weighted by Crippen LogP contribution is 2.31. The Morgan fingerprint density at radius 1 is 0.879 bits per heavy atom. The van der Waals surface area contributed by atoms with E-state index in [4.69, 9.17) is 18.4 Å². The zero-order valence-corrected chi connectivity index (χ0v) is 19.8. The maximum Gasteiger partial charge on any atom is 0.293 e. The maximum atomic E-state index is 13.0. The number of sulfone groups is 1. The molecule has 2 aromatic heterocycles. The molecule has 0 amide bonds. The predicted octanol–water partition coefficient (Wildman–Crippen LogP) is 4.91. The van der Waals surface area contributed by atoms with Gasteiger partial charge < -0.3 is 18.4 Å². The normalized spacial score (nSPS) is 11.5. The van der Waals surface area contributed by atoms with Crippen molar-refractivity contribution in [3.05, 3.63) is 64.9 Å². The molecule has 4 aromatic rings. The lowest BCUT2D eigenvalue weighted by Crippen LogP contribution is -2.07. The van der Waals surface area contributed by atoms with E-state index in [-0.39, 0.29) is 23.2 Å². The third kappa shape index (κ3) is 4.63. The third-order valence-electron chi connectivity index (χ3n) is 5.37. The van der Waals surface area contributed by atoms with Crippen LogP contribution in [0.25, 0.3) is 23.0 Å². The second-order valence-corrected chi connectivity index (χ2v) is 9.71. The summed E-state index contributed by atoms with van der Waals surface area (Å²) < 4.78 is 47.6. The lowest BCUT2D eigenvalue weighted by molar-refractivity contribution is 0.394. The summed E-state index contributed by atoms with van der Waals surface area (Å²) in [7, 11) is -0.486. The molecule has 0 radical (unpaired) electrons. The topological polar surface area (TPSA) is 105 Å². The molecule has 0 aliphatic carbocycles. The van der Waals surface area contributed by atoms with Crippen LogP contribution in [0.15, 0.2) is 56.3 Å². The van der Waals surface area contributed by atoms with Crippen LogP contribution in [0.1, 0.15) is 22.5 Å². The monoisotopic (exact) mass is 468 g/mol. The molecular formula is C24H24N2O6S. The van der Waals surface area contributed by atoms with E-state index in [1.54, 1.807) is 57.5 Å². The van der Waals surface area contributed by atoms with Gasteiger partial charge in [0.25, 0.3) is 5.89 Å². The fourth-order valence-corrected chi connectivity index (χ4v) is 5.07. The molecule has 2 heterocycles. The highest BCUT2D eigenvalue weighted by atomic mass is 32.2. The Bertz CT molecular complexity index is 1400. The van der Waals surface area contributed by atoms with Crippen LogP contribution in [0.2, 0.25) is 0 Å². The number of rotatable bonds is 7. The minimum absolute atomic E-state index is 0.137. The van der Waals surface area contributed by atoms with Gasteiger partial charge in [-0.1, -0.05) is 11.2 Å². The molecule has 2 aromatic carbocycles. The molecule has 0 saturated heterocycles. The zero-order chi connectivity index (χ0) is 23.8. The number of benzene rings is 2. The van der Waals surface area contributed by atoms with E-state index in [0.29, 0.717) is 33.3 Å². The first-order chi connectivity index (χ1) is 15.7. The average Bonchev–Trinajstić information content (AvgIpc) is 3.45. The minimum atomic E-state index is -3.59. The summed E-state index contributed by atoms with van der Waals surface area (Å²) in [5.41, 5.74) is 3.32. The molecule has 172 valence electrons. The van der Waals surface area contributed by atoms with E-state index in [0.717, 1.165) is 11.1 Å². The van der Waals surface area contributed by atoms with E-state index < -0.39 is 9.84 Å². The number of ether oxygens (including phenoxy) is 2. The van der Waals surface area contributed by atoms with Crippen LogP contribution in [0.3, 0.4) is 0 Å². The van der Waals surface area contributed by atoms with Gasteiger partial charge in [0.05, 0.1) is 19.1 Å². The van der Waals surface area contributed by atoms with Gasteiger partial charge in [-0.25, -0.2) is 8.42 Å². The van der Waals surface area contributed by atoms with Crippen molar-refractivity contribution in [1.29, 1.82) is 0 Å². The zero-order valence-electron chi connectivity index (χ0n) is 19.0. The van der Waals surface area contributed by atoms with Gasteiger partial charge in [-0.2, -0.15) is 4.98 Å². The van der Waals surface area contributed by atoms with Crippen molar-refractivity contribution >= 4 is 9.84 Å². The van der Waals surface area contributed by atoms with Gasteiger partial charge in [-0.3, -0.25) is 0 Å². The van der Waals surface area contributed by atoms with Crippen molar-refractivity contribution in [2.75, 3.05) is 14.2 Å². The van der Waals surface area contributed by atoms with E-state index in [9.17, 15) is 8.42 Å². The Morgan fingerprint density at radius 2 is 1.55 bits per heavy atom. The van der Waals surface area contributed by atoms with Crippen molar-refractivity contribution < 1.29 is 26.8 Å². The number of hydrogen-bond acceptors (Lipinski definition) is 8. The SMILES string of the molecule is COc1cc(OC)cc(-c2noc(-c3ccc(CS(=O)(=O)c4cc(C)c(C)cc4C)o3)n2)c1. The van der Waals surface area contributed by atoms with Crippen LogP contribution in [-0.4, -0.2) is 32.8 Å². The fraction of sp³-hybridized carbons (Fsp3) is 0.250. The van der Waals surface area contributed by atoms with Crippen molar-refractivity contribution in [1.82, 2.24) is 10.1 Å². The summed E-state index contributed by atoms with van der Waals surface area (Å²) in [6.07, 6.45) is 0. The van der Waals surface area contributed by atoms with Gasteiger partial charge in [0.1, 0.15) is 23.0 Å². The molecular weight excluding hydrogens is 444 g/mol. The Labute approximate surface area is 192 Å². The molecule has 0 spiro atoms. The predicted molar refractivity (Wildman–Crippen MR) is 122 cm³/mol. The molecule has 0 fully saturated rings.